The van der Waals surface area contributed by atoms with E-state index < -0.39 is 11.7 Å². The second kappa shape index (κ2) is 7.84. The van der Waals surface area contributed by atoms with Gasteiger partial charge in [-0.2, -0.15) is 0 Å². The summed E-state index contributed by atoms with van der Waals surface area (Å²) in [6.07, 6.45) is 0. The second-order valence-electron chi connectivity index (χ2n) is 5.95. The van der Waals surface area contributed by atoms with Gasteiger partial charge in [0, 0.05) is 11.1 Å². The summed E-state index contributed by atoms with van der Waals surface area (Å²) in [7, 11) is 0. The monoisotopic (exact) mass is 407 g/mol. The summed E-state index contributed by atoms with van der Waals surface area (Å²) in [6.45, 7) is 0. The number of para-hydroxylation sites is 2. The fourth-order valence-corrected chi connectivity index (χ4v) is 3.90. The van der Waals surface area contributed by atoms with Crippen molar-refractivity contribution >= 4 is 50.5 Å². The Morgan fingerprint density at radius 3 is 2.46 bits per heavy atom. The molecular weight excluding hydrogens is 393 g/mol. The summed E-state index contributed by atoms with van der Waals surface area (Å²) in [6, 6.07) is 20.8. The molecule has 0 aliphatic rings. The molecule has 4 nitrogen and oxygen atoms in total. The molecule has 2 N–H and O–H groups in total. The first-order valence-corrected chi connectivity index (χ1v) is 9.65. The number of nitrogens with zero attached hydrogens (tertiary/aromatic N) is 1. The van der Waals surface area contributed by atoms with Crippen molar-refractivity contribution in [1.29, 1.82) is 0 Å². The maximum Gasteiger partial charge on any atom is 0.257 e. The van der Waals surface area contributed by atoms with Crippen molar-refractivity contribution in [3.05, 3.63) is 84.2 Å². The zero-order valence-corrected chi connectivity index (χ0v) is 16.1. The van der Waals surface area contributed by atoms with Crippen LogP contribution in [-0.2, 0) is 0 Å². The number of hydrogen-bond donors (Lipinski definition) is 2. The number of halogens is 1. The minimum Gasteiger partial charge on any atom is -0.332 e. The van der Waals surface area contributed by atoms with Crippen molar-refractivity contribution in [3.8, 4) is 10.6 Å². The summed E-state index contributed by atoms with van der Waals surface area (Å²) in [5, 5.41) is 6.68. The highest BCUT2D eigenvalue weighted by molar-refractivity contribution is 7.80. The first-order valence-electron chi connectivity index (χ1n) is 8.43. The first-order chi connectivity index (χ1) is 13.6. The first kappa shape index (κ1) is 18.2. The van der Waals surface area contributed by atoms with Crippen LogP contribution in [0.2, 0.25) is 0 Å². The largest absolute Gasteiger partial charge is 0.332 e. The average Bonchev–Trinajstić information content (AvgIpc) is 3.12. The number of amides is 1. The molecule has 0 bridgehead atoms. The Balaban J connectivity index is 1.54. The van der Waals surface area contributed by atoms with Crippen molar-refractivity contribution in [2.45, 2.75) is 0 Å². The van der Waals surface area contributed by atoms with E-state index in [-0.39, 0.29) is 5.11 Å². The van der Waals surface area contributed by atoms with Gasteiger partial charge in [0.25, 0.3) is 5.91 Å². The van der Waals surface area contributed by atoms with Crippen LogP contribution in [-0.4, -0.2) is 16.0 Å². The molecule has 0 unspecified atom stereocenters. The molecule has 0 aliphatic carbocycles. The number of fused-ring (bicyclic) bond motifs is 1. The number of carbonyl (C=O) groups is 1. The van der Waals surface area contributed by atoms with Gasteiger partial charge in [0.2, 0.25) is 0 Å². The van der Waals surface area contributed by atoms with Crippen molar-refractivity contribution < 1.29 is 9.18 Å². The topological polar surface area (TPSA) is 54.0 Å². The molecule has 0 aliphatic heterocycles. The number of anilines is 1. The molecule has 1 amide bonds. The Morgan fingerprint density at radius 2 is 1.68 bits per heavy atom. The molecule has 0 radical (unpaired) electrons. The molecule has 0 spiro atoms. The van der Waals surface area contributed by atoms with Crippen LogP contribution in [0.1, 0.15) is 10.4 Å². The van der Waals surface area contributed by atoms with Gasteiger partial charge in [-0.1, -0.05) is 24.3 Å². The SMILES string of the molecule is O=C(NC(=S)Nc1ccccc1-c1nc2ccccc2s1)c1ccc(F)cc1. The molecule has 1 heterocycles. The van der Waals surface area contributed by atoms with Crippen molar-refractivity contribution in [2.75, 3.05) is 5.32 Å². The predicted molar refractivity (Wildman–Crippen MR) is 115 cm³/mol. The minimum atomic E-state index is -0.407. The van der Waals surface area contributed by atoms with Crippen LogP contribution in [0.5, 0.6) is 0 Å². The highest BCUT2D eigenvalue weighted by Gasteiger charge is 2.13. The number of hydrogen-bond acceptors (Lipinski definition) is 4. The van der Waals surface area contributed by atoms with Gasteiger partial charge in [-0.3, -0.25) is 10.1 Å². The van der Waals surface area contributed by atoms with E-state index in [9.17, 15) is 9.18 Å². The maximum absolute atomic E-state index is 13.0. The molecule has 4 rings (SSSR count). The lowest BCUT2D eigenvalue weighted by atomic mass is 10.2. The highest BCUT2D eigenvalue weighted by atomic mass is 32.1. The quantitative estimate of drug-likeness (QED) is 0.457. The van der Waals surface area contributed by atoms with Crippen molar-refractivity contribution in [1.82, 2.24) is 10.3 Å². The van der Waals surface area contributed by atoms with Crippen LogP contribution in [0.15, 0.2) is 72.8 Å². The van der Waals surface area contributed by atoms with E-state index in [0.29, 0.717) is 5.56 Å². The van der Waals surface area contributed by atoms with Crippen LogP contribution in [0.25, 0.3) is 20.8 Å². The van der Waals surface area contributed by atoms with Gasteiger partial charge in [-0.25, -0.2) is 9.37 Å². The highest BCUT2D eigenvalue weighted by Crippen LogP contribution is 2.34. The zero-order valence-electron chi connectivity index (χ0n) is 14.5. The molecule has 0 saturated heterocycles. The molecular formula is C21H14FN3OS2. The van der Waals surface area contributed by atoms with Gasteiger partial charge in [-0.05, 0) is 60.7 Å². The van der Waals surface area contributed by atoms with Gasteiger partial charge in [-0.15, -0.1) is 11.3 Å². The number of thiocarbonyl (C=S) groups is 1. The number of carbonyl (C=O) groups excluding carboxylic acids is 1. The predicted octanol–water partition coefficient (Wildman–Crippen LogP) is 5.23. The molecule has 0 atom stereocenters. The standard InChI is InChI=1S/C21H14FN3OS2/c22-14-11-9-13(10-12-14)19(26)25-21(27)24-16-6-2-1-5-15(16)20-23-17-7-3-4-8-18(17)28-20/h1-12H,(H2,24,25,26,27). The third kappa shape index (κ3) is 3.90. The fourth-order valence-electron chi connectivity index (χ4n) is 2.70. The van der Waals surface area contributed by atoms with E-state index in [0.717, 1.165) is 26.5 Å². The lowest BCUT2D eigenvalue weighted by Gasteiger charge is -2.12. The van der Waals surface area contributed by atoms with Gasteiger partial charge >= 0.3 is 0 Å². The second-order valence-corrected chi connectivity index (χ2v) is 7.39. The van der Waals surface area contributed by atoms with Crippen LogP contribution in [0, 0.1) is 5.82 Å². The Labute approximate surface area is 170 Å². The molecule has 28 heavy (non-hydrogen) atoms. The van der Waals surface area contributed by atoms with Crippen molar-refractivity contribution in [2.24, 2.45) is 0 Å². The van der Waals surface area contributed by atoms with E-state index in [2.05, 4.69) is 15.6 Å². The van der Waals surface area contributed by atoms with Crippen LogP contribution in [0.3, 0.4) is 0 Å². The molecule has 3 aromatic carbocycles. The molecule has 0 saturated carbocycles. The minimum absolute atomic E-state index is 0.155. The van der Waals surface area contributed by atoms with E-state index >= 15 is 0 Å². The molecule has 138 valence electrons. The number of nitrogens with one attached hydrogen (secondary N) is 2. The zero-order chi connectivity index (χ0) is 19.5. The van der Waals surface area contributed by atoms with Gasteiger partial charge in [0.05, 0.1) is 15.9 Å². The maximum atomic E-state index is 13.0. The number of thiazole rings is 1. The number of benzene rings is 3. The Morgan fingerprint density at radius 1 is 0.964 bits per heavy atom. The average molecular weight is 407 g/mol. The van der Waals surface area contributed by atoms with Crippen LogP contribution in [0.4, 0.5) is 10.1 Å². The molecule has 4 aromatic rings. The third-order valence-electron chi connectivity index (χ3n) is 4.03. The Hall–Kier alpha value is -3.16. The molecule has 0 fully saturated rings. The molecule has 1 aromatic heterocycles. The third-order valence-corrected chi connectivity index (χ3v) is 5.31. The summed E-state index contributed by atoms with van der Waals surface area (Å²) in [4.78, 5) is 16.9. The van der Waals surface area contributed by atoms with Gasteiger partial charge in [0.1, 0.15) is 10.8 Å². The fraction of sp³-hybridized carbons (Fsp3) is 0. The van der Waals surface area contributed by atoms with E-state index in [1.807, 2.05) is 48.5 Å². The van der Waals surface area contributed by atoms with Crippen LogP contribution < -0.4 is 10.6 Å². The summed E-state index contributed by atoms with van der Waals surface area (Å²) in [5.41, 5.74) is 2.89. The number of aromatic nitrogens is 1. The summed E-state index contributed by atoms with van der Waals surface area (Å²) < 4.78 is 14.1. The lowest BCUT2D eigenvalue weighted by molar-refractivity contribution is 0.0977. The van der Waals surface area contributed by atoms with Gasteiger partial charge < -0.3 is 5.32 Å². The van der Waals surface area contributed by atoms with E-state index in [1.165, 1.54) is 24.3 Å². The molecule has 7 heteroatoms. The smallest absolute Gasteiger partial charge is 0.257 e. The van der Waals surface area contributed by atoms with E-state index in [4.69, 9.17) is 12.2 Å². The summed E-state index contributed by atoms with van der Waals surface area (Å²) in [5.74, 6) is -0.808. The normalized spacial score (nSPS) is 10.6. The van der Waals surface area contributed by atoms with E-state index in [1.54, 1.807) is 11.3 Å². The van der Waals surface area contributed by atoms with Crippen LogP contribution >= 0.6 is 23.6 Å². The summed E-state index contributed by atoms with van der Waals surface area (Å²) >= 11 is 6.86. The van der Waals surface area contributed by atoms with Gasteiger partial charge in [0.15, 0.2) is 5.11 Å². The van der Waals surface area contributed by atoms with Crippen molar-refractivity contribution in [3.63, 3.8) is 0 Å². The Kier molecular flexibility index (Phi) is 5.10. The lowest BCUT2D eigenvalue weighted by Crippen LogP contribution is -2.34. The Bertz CT molecular complexity index is 1140. The number of rotatable bonds is 3.